The number of thiazole rings is 1. The van der Waals surface area contributed by atoms with Gasteiger partial charge < -0.3 is 0 Å². The van der Waals surface area contributed by atoms with Crippen LogP contribution in [0.25, 0.3) is 10.2 Å². The average Bonchev–Trinajstić information content (AvgIpc) is 2.56. The molecule has 1 aromatic heterocycles. The highest BCUT2D eigenvalue weighted by Gasteiger charge is 2.35. The van der Waals surface area contributed by atoms with Crippen molar-refractivity contribution in [2.24, 2.45) is 0 Å². The number of aromatic nitrogens is 1. The molecule has 0 aliphatic carbocycles. The predicted molar refractivity (Wildman–Crippen MR) is 72.3 cm³/mol. The van der Waals surface area contributed by atoms with E-state index in [0.29, 0.717) is 5.01 Å². The molecule has 0 amide bonds. The largest absolute Gasteiger partial charge is 0.284 e. The van der Waals surface area contributed by atoms with Crippen LogP contribution in [0.2, 0.25) is 0 Å². The minimum absolute atomic E-state index is 0.0777. The van der Waals surface area contributed by atoms with Crippen molar-refractivity contribution in [3.63, 3.8) is 0 Å². The lowest BCUT2D eigenvalue weighted by Gasteiger charge is -2.17. The number of thiol groups is 1. The topological polar surface area (TPSA) is 67.3 Å². The second-order valence-electron chi connectivity index (χ2n) is 3.90. The molecule has 4 nitrogen and oxygen atoms in total. The van der Waals surface area contributed by atoms with Gasteiger partial charge in [0.15, 0.2) is 0 Å². The van der Waals surface area contributed by atoms with Crippen LogP contribution in [-0.2, 0) is 16.5 Å². The van der Waals surface area contributed by atoms with E-state index in [4.69, 9.17) is 4.55 Å². The first-order valence-electron chi connectivity index (χ1n) is 4.83. The Hall–Kier alpha value is -0.630. The first kappa shape index (κ1) is 12.8. The molecular formula is C10H11NO3S3. The van der Waals surface area contributed by atoms with Crippen LogP contribution >= 0.6 is 24.0 Å². The highest BCUT2D eigenvalue weighted by Crippen LogP contribution is 2.30. The van der Waals surface area contributed by atoms with E-state index < -0.39 is 14.2 Å². The van der Waals surface area contributed by atoms with Crippen LogP contribution < -0.4 is 0 Å². The molecule has 1 unspecified atom stereocenters. The lowest BCUT2D eigenvalue weighted by molar-refractivity contribution is 0.463. The van der Waals surface area contributed by atoms with Crippen LogP contribution in [0.4, 0.5) is 0 Å². The van der Waals surface area contributed by atoms with Gasteiger partial charge in [0.1, 0.15) is 4.08 Å². The molecule has 1 aromatic carbocycles. The molecule has 1 heterocycles. The van der Waals surface area contributed by atoms with Crippen LogP contribution in [0, 0.1) is 0 Å². The summed E-state index contributed by atoms with van der Waals surface area (Å²) >= 11 is 5.39. The highest BCUT2D eigenvalue weighted by molar-refractivity contribution is 8.03. The molecule has 17 heavy (non-hydrogen) atoms. The molecule has 7 heteroatoms. The van der Waals surface area contributed by atoms with Crippen molar-refractivity contribution >= 4 is 44.3 Å². The number of benzene rings is 1. The molecule has 1 N–H and O–H groups in total. The Morgan fingerprint density at radius 2 is 2.12 bits per heavy atom. The van der Waals surface area contributed by atoms with Gasteiger partial charge in [-0.3, -0.25) is 4.55 Å². The zero-order chi connectivity index (χ0) is 12.7. The van der Waals surface area contributed by atoms with Crippen molar-refractivity contribution in [2.75, 3.05) is 0 Å². The summed E-state index contributed by atoms with van der Waals surface area (Å²) in [6.07, 6.45) is 0.0777. The van der Waals surface area contributed by atoms with Gasteiger partial charge >= 0.3 is 0 Å². The summed E-state index contributed by atoms with van der Waals surface area (Å²) < 4.78 is 30.8. The molecule has 0 fully saturated rings. The fourth-order valence-corrected chi connectivity index (χ4v) is 3.16. The van der Waals surface area contributed by atoms with E-state index >= 15 is 0 Å². The van der Waals surface area contributed by atoms with Crippen molar-refractivity contribution in [2.45, 2.75) is 17.4 Å². The third-order valence-electron chi connectivity index (χ3n) is 2.37. The number of hydrogen-bond donors (Lipinski definition) is 2. The van der Waals surface area contributed by atoms with Crippen LogP contribution in [-0.4, -0.2) is 22.0 Å². The Morgan fingerprint density at radius 1 is 1.47 bits per heavy atom. The second kappa shape index (κ2) is 4.24. The predicted octanol–water partition coefficient (Wildman–Crippen LogP) is 2.37. The zero-order valence-corrected chi connectivity index (χ0v) is 11.5. The maximum atomic E-state index is 11.1. The Labute approximate surface area is 109 Å². The molecule has 0 radical (unpaired) electrons. The molecule has 0 bridgehead atoms. The van der Waals surface area contributed by atoms with E-state index in [1.807, 2.05) is 24.3 Å². The molecule has 92 valence electrons. The maximum Gasteiger partial charge on any atom is 0.280 e. The van der Waals surface area contributed by atoms with Gasteiger partial charge in [0.2, 0.25) is 0 Å². The van der Waals surface area contributed by atoms with Crippen molar-refractivity contribution in [1.29, 1.82) is 0 Å². The van der Waals surface area contributed by atoms with Gasteiger partial charge in [-0.1, -0.05) is 12.1 Å². The van der Waals surface area contributed by atoms with Gasteiger partial charge in [0, 0.05) is 6.42 Å². The van der Waals surface area contributed by atoms with Crippen molar-refractivity contribution < 1.29 is 13.0 Å². The monoisotopic (exact) mass is 289 g/mol. The minimum Gasteiger partial charge on any atom is -0.284 e. The number of nitrogens with zero attached hydrogens (tertiary/aromatic N) is 1. The van der Waals surface area contributed by atoms with Gasteiger partial charge in [0.25, 0.3) is 10.1 Å². The fraction of sp³-hybridized carbons (Fsp3) is 0.300. The van der Waals surface area contributed by atoms with Crippen molar-refractivity contribution in [3.8, 4) is 0 Å². The normalized spacial score (nSPS) is 15.9. The summed E-state index contributed by atoms with van der Waals surface area (Å²) in [4.78, 5) is 4.31. The molecule has 1 atom stereocenters. The van der Waals surface area contributed by atoms with Crippen LogP contribution in [0.5, 0.6) is 0 Å². The Morgan fingerprint density at radius 3 is 2.71 bits per heavy atom. The fourth-order valence-electron chi connectivity index (χ4n) is 1.37. The summed E-state index contributed by atoms with van der Waals surface area (Å²) in [5.74, 6) is 0. The third kappa shape index (κ3) is 2.62. The SMILES string of the molecule is CC(S)(Cc1nc2ccccc2s1)S(=O)(=O)O. The standard InChI is InChI=1S/C10H11NO3S3/c1-10(15,17(12,13)14)6-9-11-7-4-2-3-5-8(7)16-9/h2-5,15H,6H2,1H3,(H,12,13,14). The lowest BCUT2D eigenvalue weighted by atomic mass is 10.3. The van der Waals surface area contributed by atoms with E-state index in [1.165, 1.54) is 18.3 Å². The first-order chi connectivity index (χ1) is 7.79. The number of rotatable bonds is 3. The molecule has 2 rings (SSSR count). The van der Waals surface area contributed by atoms with Crippen LogP contribution in [0.15, 0.2) is 24.3 Å². The highest BCUT2D eigenvalue weighted by atomic mass is 32.3. The van der Waals surface area contributed by atoms with E-state index in [0.717, 1.165) is 10.2 Å². The van der Waals surface area contributed by atoms with E-state index in [1.54, 1.807) is 0 Å². The Bertz CT molecular complexity index is 613. The molecule has 0 saturated carbocycles. The van der Waals surface area contributed by atoms with Gasteiger partial charge in [-0.25, -0.2) is 4.98 Å². The number of para-hydroxylation sites is 1. The van der Waals surface area contributed by atoms with E-state index in [9.17, 15) is 8.42 Å². The minimum atomic E-state index is -4.21. The van der Waals surface area contributed by atoms with Gasteiger partial charge in [-0.2, -0.15) is 21.0 Å². The summed E-state index contributed by atoms with van der Waals surface area (Å²) in [7, 11) is -4.21. The molecule has 0 saturated heterocycles. The smallest absolute Gasteiger partial charge is 0.280 e. The molecular weight excluding hydrogens is 278 g/mol. The van der Waals surface area contributed by atoms with Gasteiger partial charge in [-0.15, -0.1) is 11.3 Å². The summed E-state index contributed by atoms with van der Waals surface area (Å²) in [6, 6.07) is 7.54. The summed E-state index contributed by atoms with van der Waals surface area (Å²) in [5, 5.41) is 0.640. The van der Waals surface area contributed by atoms with Gasteiger partial charge in [-0.05, 0) is 19.1 Å². The van der Waals surface area contributed by atoms with E-state index in [2.05, 4.69) is 17.6 Å². The Balaban J connectivity index is 2.37. The quantitative estimate of drug-likeness (QED) is 0.672. The first-order valence-corrected chi connectivity index (χ1v) is 7.54. The lowest BCUT2D eigenvalue weighted by Crippen LogP contribution is -2.31. The van der Waals surface area contributed by atoms with Crippen molar-refractivity contribution in [1.82, 2.24) is 4.98 Å². The molecule has 2 aromatic rings. The summed E-state index contributed by atoms with van der Waals surface area (Å²) in [6.45, 7) is 1.36. The molecule has 0 aliphatic rings. The average molecular weight is 289 g/mol. The van der Waals surface area contributed by atoms with Crippen molar-refractivity contribution in [3.05, 3.63) is 29.3 Å². The van der Waals surface area contributed by atoms with E-state index in [-0.39, 0.29) is 6.42 Å². The second-order valence-corrected chi connectivity index (χ2v) is 8.16. The van der Waals surface area contributed by atoms with Gasteiger partial charge in [0.05, 0.1) is 15.2 Å². The third-order valence-corrected chi connectivity index (χ3v) is 5.52. The molecule has 0 aliphatic heterocycles. The maximum absolute atomic E-state index is 11.1. The number of fused-ring (bicyclic) bond motifs is 1. The van der Waals surface area contributed by atoms with Crippen LogP contribution in [0.3, 0.4) is 0 Å². The zero-order valence-electron chi connectivity index (χ0n) is 8.99. The molecule has 0 spiro atoms. The summed E-state index contributed by atoms with van der Waals surface area (Å²) in [5.41, 5.74) is 0.826. The van der Waals surface area contributed by atoms with Crippen LogP contribution in [0.1, 0.15) is 11.9 Å². The Kier molecular flexibility index (Phi) is 3.19. The number of hydrogen-bond acceptors (Lipinski definition) is 5.